The van der Waals surface area contributed by atoms with Crippen LogP contribution >= 0.6 is 11.3 Å². The molecule has 1 N–H and O–H groups in total. The highest BCUT2D eigenvalue weighted by molar-refractivity contribution is 7.89. The van der Waals surface area contributed by atoms with E-state index in [2.05, 4.69) is 10.3 Å². The molecule has 1 aromatic heterocycles. The van der Waals surface area contributed by atoms with Crippen LogP contribution in [0.25, 0.3) is 0 Å². The number of aromatic nitrogens is 1. The number of piperidine rings is 1. The number of aryl methyl sites for hydroxylation is 1. The highest BCUT2D eigenvalue weighted by atomic mass is 32.2. The Kier molecular flexibility index (Phi) is 6.13. The second kappa shape index (κ2) is 8.37. The van der Waals surface area contributed by atoms with Crippen LogP contribution in [0.2, 0.25) is 0 Å². The summed E-state index contributed by atoms with van der Waals surface area (Å²) < 4.78 is 33.0. The van der Waals surface area contributed by atoms with E-state index in [1.54, 1.807) is 18.5 Å². The van der Waals surface area contributed by atoms with Crippen LogP contribution in [0.1, 0.15) is 41.6 Å². The molecule has 1 amide bonds. The molecule has 3 rings (SSSR count). The Balaban J connectivity index is 1.93. The van der Waals surface area contributed by atoms with Gasteiger partial charge in [0.05, 0.1) is 28.4 Å². The number of thiazole rings is 1. The summed E-state index contributed by atoms with van der Waals surface area (Å²) in [6, 6.07) is 4.60. The van der Waals surface area contributed by atoms with Crippen molar-refractivity contribution in [2.45, 2.75) is 38.0 Å². The van der Waals surface area contributed by atoms with E-state index >= 15 is 0 Å². The maximum atomic E-state index is 12.9. The number of carbonyl (C=O) groups excluding carboxylic acids is 1. The van der Waals surface area contributed by atoms with Crippen molar-refractivity contribution in [2.75, 3.05) is 25.0 Å². The molecule has 0 aliphatic carbocycles. The van der Waals surface area contributed by atoms with Crippen molar-refractivity contribution < 1.29 is 17.9 Å². The normalized spacial score (nSPS) is 15.5. The third-order valence-corrected chi connectivity index (χ3v) is 7.23. The van der Waals surface area contributed by atoms with Crippen molar-refractivity contribution in [3.8, 4) is 5.75 Å². The highest BCUT2D eigenvalue weighted by Gasteiger charge is 2.27. The number of sulfonamides is 1. The van der Waals surface area contributed by atoms with E-state index in [4.69, 9.17) is 4.74 Å². The Hall–Kier alpha value is -1.97. The van der Waals surface area contributed by atoms with Crippen molar-refractivity contribution in [1.29, 1.82) is 0 Å². The average Bonchev–Trinajstić information content (AvgIpc) is 3.10. The molecule has 0 unspecified atom stereocenters. The summed E-state index contributed by atoms with van der Waals surface area (Å²) in [5.41, 5.74) is 2.57. The molecule has 0 radical (unpaired) electrons. The lowest BCUT2D eigenvalue weighted by Gasteiger charge is -2.26. The van der Waals surface area contributed by atoms with Gasteiger partial charge in [0.25, 0.3) is 5.91 Å². The molecule has 0 saturated carbocycles. The van der Waals surface area contributed by atoms with Crippen molar-refractivity contribution in [3.05, 3.63) is 34.3 Å². The smallest absolute Gasteiger partial charge is 0.267 e. The standard InChI is InChI=1S/C18H23N3O4S2/c1-3-25-16-8-7-14(27(23,24)21-9-5-4-6-10-21)11-15(16)20-18(22)17-13(2)19-12-26-17/h7-8,11-12H,3-6,9-10H2,1-2H3,(H,20,22). The second-order valence-electron chi connectivity index (χ2n) is 6.28. The summed E-state index contributed by atoms with van der Waals surface area (Å²) >= 11 is 1.24. The van der Waals surface area contributed by atoms with Crippen molar-refractivity contribution in [2.24, 2.45) is 0 Å². The Labute approximate surface area is 163 Å². The number of anilines is 1. The van der Waals surface area contributed by atoms with Gasteiger partial charge in [0, 0.05) is 13.1 Å². The monoisotopic (exact) mass is 409 g/mol. The quantitative estimate of drug-likeness (QED) is 0.791. The summed E-state index contributed by atoms with van der Waals surface area (Å²) in [7, 11) is -3.60. The first kappa shape index (κ1) is 19.8. The van der Waals surface area contributed by atoms with Gasteiger partial charge in [-0.1, -0.05) is 6.42 Å². The fourth-order valence-electron chi connectivity index (χ4n) is 3.00. The summed E-state index contributed by atoms with van der Waals surface area (Å²) in [6.07, 6.45) is 2.78. The summed E-state index contributed by atoms with van der Waals surface area (Å²) in [4.78, 5) is 17.3. The van der Waals surface area contributed by atoms with Crippen molar-refractivity contribution in [1.82, 2.24) is 9.29 Å². The molecule has 1 aliphatic rings. The van der Waals surface area contributed by atoms with E-state index in [-0.39, 0.29) is 10.8 Å². The molecular weight excluding hydrogens is 386 g/mol. The zero-order chi connectivity index (χ0) is 19.4. The number of ether oxygens (including phenoxy) is 1. The maximum Gasteiger partial charge on any atom is 0.267 e. The molecule has 146 valence electrons. The van der Waals surface area contributed by atoms with E-state index in [0.717, 1.165) is 19.3 Å². The zero-order valence-electron chi connectivity index (χ0n) is 15.4. The number of benzene rings is 1. The fraction of sp³-hybridized carbons (Fsp3) is 0.444. The van der Waals surface area contributed by atoms with Gasteiger partial charge in [-0.05, 0) is 44.9 Å². The summed E-state index contributed by atoms with van der Waals surface area (Å²) in [6.45, 7) is 5.04. The SMILES string of the molecule is CCOc1ccc(S(=O)(=O)N2CCCCC2)cc1NC(=O)c1scnc1C. The van der Waals surface area contributed by atoms with Gasteiger partial charge in [-0.2, -0.15) is 4.31 Å². The molecule has 1 aliphatic heterocycles. The van der Waals surface area contributed by atoms with E-state index in [0.29, 0.717) is 41.7 Å². The molecule has 0 bridgehead atoms. The highest BCUT2D eigenvalue weighted by Crippen LogP contribution is 2.31. The number of carbonyl (C=O) groups is 1. The number of nitrogens with one attached hydrogen (secondary N) is 1. The van der Waals surface area contributed by atoms with Gasteiger partial charge < -0.3 is 10.1 Å². The lowest BCUT2D eigenvalue weighted by Crippen LogP contribution is -2.35. The lowest BCUT2D eigenvalue weighted by atomic mass is 10.2. The number of rotatable bonds is 6. The van der Waals surface area contributed by atoms with E-state index in [1.807, 2.05) is 6.92 Å². The molecule has 9 heteroatoms. The van der Waals surface area contributed by atoms with Crippen molar-refractivity contribution >= 4 is 33.0 Å². The third kappa shape index (κ3) is 4.31. The van der Waals surface area contributed by atoms with E-state index < -0.39 is 10.0 Å². The van der Waals surface area contributed by atoms with Gasteiger partial charge >= 0.3 is 0 Å². The van der Waals surface area contributed by atoms with Crippen LogP contribution in [0.3, 0.4) is 0 Å². The molecule has 1 saturated heterocycles. The third-order valence-electron chi connectivity index (χ3n) is 4.40. The maximum absolute atomic E-state index is 12.9. The average molecular weight is 410 g/mol. The summed E-state index contributed by atoms with van der Waals surface area (Å²) in [5, 5.41) is 2.78. The summed E-state index contributed by atoms with van der Waals surface area (Å²) in [5.74, 6) is 0.106. The number of hydrogen-bond donors (Lipinski definition) is 1. The lowest BCUT2D eigenvalue weighted by molar-refractivity contribution is 0.102. The number of nitrogens with zero attached hydrogens (tertiary/aromatic N) is 2. The van der Waals surface area contributed by atoms with Gasteiger partial charge in [-0.3, -0.25) is 4.79 Å². The van der Waals surface area contributed by atoms with Gasteiger partial charge in [0.1, 0.15) is 10.6 Å². The van der Waals surface area contributed by atoms with Crippen LogP contribution in [-0.4, -0.2) is 43.3 Å². The van der Waals surface area contributed by atoms with Crippen molar-refractivity contribution in [3.63, 3.8) is 0 Å². The Morgan fingerprint density at radius 1 is 1.30 bits per heavy atom. The van der Waals surface area contributed by atoms with Gasteiger partial charge in [-0.15, -0.1) is 11.3 Å². The first-order chi connectivity index (χ1) is 12.9. The van der Waals surface area contributed by atoms with Crippen LogP contribution in [0.5, 0.6) is 5.75 Å². The van der Waals surface area contributed by atoms with Crippen LogP contribution in [-0.2, 0) is 10.0 Å². The molecule has 7 nitrogen and oxygen atoms in total. The molecule has 0 spiro atoms. The Morgan fingerprint density at radius 2 is 2.04 bits per heavy atom. The van der Waals surface area contributed by atoms with Crippen LogP contribution in [0, 0.1) is 6.92 Å². The number of hydrogen-bond acceptors (Lipinski definition) is 6. The van der Waals surface area contributed by atoms with Crippen LogP contribution < -0.4 is 10.1 Å². The molecule has 2 heterocycles. The topological polar surface area (TPSA) is 88.6 Å². The minimum atomic E-state index is -3.60. The Bertz CT molecular complexity index is 918. The van der Waals surface area contributed by atoms with Gasteiger partial charge in [0.2, 0.25) is 10.0 Å². The van der Waals surface area contributed by atoms with E-state index in [9.17, 15) is 13.2 Å². The Morgan fingerprint density at radius 3 is 2.67 bits per heavy atom. The van der Waals surface area contributed by atoms with Crippen LogP contribution in [0.15, 0.2) is 28.6 Å². The predicted octanol–water partition coefficient (Wildman–Crippen LogP) is 3.28. The largest absolute Gasteiger partial charge is 0.492 e. The molecule has 0 atom stereocenters. The molecule has 27 heavy (non-hydrogen) atoms. The minimum absolute atomic E-state index is 0.157. The zero-order valence-corrected chi connectivity index (χ0v) is 17.0. The number of amides is 1. The van der Waals surface area contributed by atoms with Crippen LogP contribution in [0.4, 0.5) is 5.69 Å². The van der Waals surface area contributed by atoms with Gasteiger partial charge in [0.15, 0.2) is 0 Å². The molecule has 1 fully saturated rings. The fourth-order valence-corrected chi connectivity index (χ4v) is 5.24. The van der Waals surface area contributed by atoms with E-state index in [1.165, 1.54) is 27.8 Å². The molecular formula is C18H23N3O4S2. The first-order valence-corrected chi connectivity index (χ1v) is 11.2. The predicted molar refractivity (Wildman–Crippen MR) is 105 cm³/mol. The molecule has 1 aromatic carbocycles. The second-order valence-corrected chi connectivity index (χ2v) is 9.07. The van der Waals surface area contributed by atoms with Gasteiger partial charge in [-0.25, -0.2) is 13.4 Å². The first-order valence-electron chi connectivity index (χ1n) is 8.92. The molecule has 2 aromatic rings. The minimum Gasteiger partial charge on any atom is -0.492 e.